The average molecular weight is 716 g/mol. The Kier molecular flexibility index (Phi) is 12.4. The molecule has 1 atom stereocenters. The first-order valence-corrected chi connectivity index (χ1v) is 18.6. The van der Waals surface area contributed by atoms with E-state index in [9.17, 15) is 18.0 Å². The number of carbonyl (C=O) groups is 2. The fraction of sp³-hybridized carbons (Fsp3) is 0.350. The van der Waals surface area contributed by atoms with Crippen molar-refractivity contribution in [1.29, 1.82) is 0 Å². The molecule has 0 radical (unpaired) electrons. The predicted molar refractivity (Wildman–Crippen MR) is 196 cm³/mol. The molecule has 1 saturated carbocycles. The molecule has 11 heteroatoms. The van der Waals surface area contributed by atoms with E-state index in [1.807, 2.05) is 50.2 Å². The molecule has 1 fully saturated rings. The highest BCUT2D eigenvalue weighted by Gasteiger charge is 2.36. The minimum atomic E-state index is -4.41. The molecule has 51 heavy (non-hydrogen) atoms. The molecule has 4 aromatic carbocycles. The Morgan fingerprint density at radius 3 is 2.14 bits per heavy atom. The van der Waals surface area contributed by atoms with Crippen molar-refractivity contribution < 1.29 is 31.9 Å². The number of nitrogens with zero attached hydrogens (tertiary/aromatic N) is 2. The zero-order valence-electron chi connectivity index (χ0n) is 29.6. The van der Waals surface area contributed by atoms with Gasteiger partial charge >= 0.3 is 0 Å². The highest BCUT2D eigenvalue weighted by Crippen LogP contribution is 2.33. The summed E-state index contributed by atoms with van der Waals surface area (Å²) in [5.41, 5.74) is 2.86. The van der Waals surface area contributed by atoms with Crippen LogP contribution in [-0.4, -0.2) is 58.0 Å². The highest BCUT2D eigenvalue weighted by molar-refractivity contribution is 7.92. The van der Waals surface area contributed by atoms with Gasteiger partial charge in [-0.05, 0) is 73.7 Å². The molecule has 5 rings (SSSR count). The van der Waals surface area contributed by atoms with Crippen molar-refractivity contribution in [3.05, 3.63) is 119 Å². The molecule has 0 heterocycles. The molecule has 0 aromatic heterocycles. The van der Waals surface area contributed by atoms with Gasteiger partial charge in [-0.1, -0.05) is 73.9 Å². The largest absolute Gasteiger partial charge is 0.493 e. The van der Waals surface area contributed by atoms with E-state index in [1.165, 1.54) is 43.4 Å². The number of benzene rings is 4. The number of hydrogen-bond acceptors (Lipinski definition) is 6. The number of aryl methyl sites for hydroxylation is 2. The molecule has 0 spiro atoms. The SMILES string of the molecule is COc1ccc(S(=O)(=O)N(CC(=O)N(Cc2ccccc2F)C(Cc2ccccc2)C(=O)NC2CCCCC2)c2cc(C)cc(C)c2)cc1OC. The molecule has 1 N–H and O–H groups in total. The van der Waals surface area contributed by atoms with Crippen LogP contribution < -0.4 is 19.1 Å². The highest BCUT2D eigenvalue weighted by atomic mass is 32.2. The molecule has 1 unspecified atom stereocenters. The van der Waals surface area contributed by atoms with Gasteiger partial charge in [0.15, 0.2) is 11.5 Å². The van der Waals surface area contributed by atoms with E-state index in [1.54, 1.807) is 30.3 Å². The van der Waals surface area contributed by atoms with Gasteiger partial charge in [-0.15, -0.1) is 0 Å². The van der Waals surface area contributed by atoms with E-state index in [-0.39, 0.29) is 46.8 Å². The zero-order chi connectivity index (χ0) is 36.5. The van der Waals surface area contributed by atoms with Gasteiger partial charge in [-0.3, -0.25) is 13.9 Å². The van der Waals surface area contributed by atoms with Gasteiger partial charge in [0, 0.05) is 30.6 Å². The van der Waals surface area contributed by atoms with Crippen molar-refractivity contribution >= 4 is 27.5 Å². The first-order chi connectivity index (χ1) is 24.5. The van der Waals surface area contributed by atoms with Crippen LogP contribution >= 0.6 is 0 Å². The van der Waals surface area contributed by atoms with Crippen LogP contribution in [0.2, 0.25) is 0 Å². The first-order valence-electron chi connectivity index (χ1n) is 17.2. The van der Waals surface area contributed by atoms with Gasteiger partial charge in [0.25, 0.3) is 10.0 Å². The summed E-state index contributed by atoms with van der Waals surface area (Å²) in [5, 5.41) is 3.17. The number of sulfonamides is 1. The molecule has 9 nitrogen and oxygen atoms in total. The number of nitrogens with one attached hydrogen (secondary N) is 1. The van der Waals surface area contributed by atoms with Crippen molar-refractivity contribution in [2.75, 3.05) is 25.1 Å². The quantitative estimate of drug-likeness (QED) is 0.155. The van der Waals surface area contributed by atoms with E-state index in [0.717, 1.165) is 53.1 Å². The van der Waals surface area contributed by atoms with Gasteiger partial charge in [-0.2, -0.15) is 0 Å². The molecular formula is C40H46FN3O6S. The summed E-state index contributed by atoms with van der Waals surface area (Å²) in [5.74, 6) is -1.02. The number of ether oxygens (including phenoxy) is 2. The van der Waals surface area contributed by atoms with Crippen LogP contribution in [0.1, 0.15) is 54.4 Å². The van der Waals surface area contributed by atoms with Crippen molar-refractivity contribution in [1.82, 2.24) is 10.2 Å². The second-order valence-electron chi connectivity index (χ2n) is 13.0. The third kappa shape index (κ3) is 9.26. The van der Waals surface area contributed by atoms with E-state index >= 15 is 4.39 Å². The summed E-state index contributed by atoms with van der Waals surface area (Å²) in [6, 6.07) is 23.8. The van der Waals surface area contributed by atoms with E-state index < -0.39 is 34.3 Å². The Morgan fingerprint density at radius 1 is 0.843 bits per heavy atom. The lowest BCUT2D eigenvalue weighted by Gasteiger charge is -2.35. The number of amides is 2. The van der Waals surface area contributed by atoms with Gasteiger partial charge in [0.05, 0.1) is 24.8 Å². The number of carbonyl (C=O) groups excluding carboxylic acids is 2. The molecule has 1 aliphatic rings. The Labute approximate surface area is 300 Å². The Bertz CT molecular complexity index is 1910. The van der Waals surface area contributed by atoms with E-state index in [4.69, 9.17) is 9.47 Å². The summed E-state index contributed by atoms with van der Waals surface area (Å²) in [7, 11) is -1.55. The Morgan fingerprint density at radius 2 is 1.49 bits per heavy atom. The smallest absolute Gasteiger partial charge is 0.264 e. The molecule has 4 aromatic rings. The molecule has 0 aliphatic heterocycles. The van der Waals surface area contributed by atoms with Gasteiger partial charge in [0.2, 0.25) is 11.8 Å². The minimum absolute atomic E-state index is 0.0489. The second kappa shape index (κ2) is 16.9. The van der Waals surface area contributed by atoms with Crippen molar-refractivity contribution in [2.45, 2.75) is 75.9 Å². The fourth-order valence-corrected chi connectivity index (χ4v) is 8.05. The summed E-state index contributed by atoms with van der Waals surface area (Å²) < 4.78 is 56.2. The number of halogens is 1. The standard InChI is InChI=1S/C40H46FN3O6S/c1-28-21-29(2)23-33(22-28)44(51(47,48)34-19-20-37(49-3)38(25-34)50-4)27-39(45)43(26-31-15-11-12-18-35(31)41)36(24-30-13-7-5-8-14-30)40(46)42-32-16-9-6-10-17-32/h5,7-8,11-15,18-23,25,32,36H,6,9-10,16-17,24,26-27H2,1-4H3,(H,42,46). The van der Waals surface area contributed by atoms with Crippen molar-refractivity contribution in [3.8, 4) is 11.5 Å². The van der Waals surface area contributed by atoms with Crippen LogP contribution in [0.4, 0.5) is 10.1 Å². The maximum Gasteiger partial charge on any atom is 0.264 e. The third-order valence-electron chi connectivity index (χ3n) is 9.24. The molecule has 0 bridgehead atoms. The molecule has 2 amide bonds. The number of anilines is 1. The lowest BCUT2D eigenvalue weighted by molar-refractivity contribution is -0.140. The Balaban J connectivity index is 1.61. The molecule has 1 aliphatic carbocycles. The van der Waals surface area contributed by atoms with Crippen LogP contribution in [-0.2, 0) is 32.6 Å². The van der Waals surface area contributed by atoms with Gasteiger partial charge in [0.1, 0.15) is 18.4 Å². The maximum atomic E-state index is 15.3. The van der Waals surface area contributed by atoms with E-state index in [0.29, 0.717) is 5.75 Å². The summed E-state index contributed by atoms with van der Waals surface area (Å²) in [6.07, 6.45) is 4.88. The summed E-state index contributed by atoms with van der Waals surface area (Å²) in [6.45, 7) is 2.78. The zero-order valence-corrected chi connectivity index (χ0v) is 30.4. The topological polar surface area (TPSA) is 105 Å². The van der Waals surface area contributed by atoms with Crippen LogP contribution in [0, 0.1) is 19.7 Å². The lowest BCUT2D eigenvalue weighted by atomic mass is 9.94. The number of hydrogen-bond donors (Lipinski definition) is 1. The predicted octanol–water partition coefficient (Wildman–Crippen LogP) is 6.74. The second-order valence-corrected chi connectivity index (χ2v) is 14.9. The first kappa shape index (κ1) is 37.4. The molecule has 0 saturated heterocycles. The molecule has 270 valence electrons. The number of methoxy groups -OCH3 is 2. The average Bonchev–Trinajstić information content (AvgIpc) is 3.12. The van der Waals surface area contributed by atoms with Crippen molar-refractivity contribution in [2.24, 2.45) is 0 Å². The lowest BCUT2D eigenvalue weighted by Crippen LogP contribution is -2.55. The van der Waals surface area contributed by atoms with Crippen LogP contribution in [0.25, 0.3) is 0 Å². The minimum Gasteiger partial charge on any atom is -0.493 e. The Hall–Kier alpha value is -4.90. The van der Waals surface area contributed by atoms with Crippen LogP contribution in [0.5, 0.6) is 11.5 Å². The monoisotopic (exact) mass is 715 g/mol. The number of rotatable bonds is 14. The maximum absolute atomic E-state index is 15.3. The van der Waals surface area contributed by atoms with Crippen LogP contribution in [0.3, 0.4) is 0 Å². The fourth-order valence-electron chi connectivity index (χ4n) is 6.64. The van der Waals surface area contributed by atoms with Gasteiger partial charge in [-0.25, -0.2) is 12.8 Å². The third-order valence-corrected chi connectivity index (χ3v) is 11.0. The summed E-state index contributed by atoms with van der Waals surface area (Å²) >= 11 is 0. The van der Waals surface area contributed by atoms with Crippen LogP contribution in [0.15, 0.2) is 95.9 Å². The van der Waals surface area contributed by atoms with E-state index in [2.05, 4.69) is 5.32 Å². The molecular weight excluding hydrogens is 670 g/mol. The summed E-state index contributed by atoms with van der Waals surface area (Å²) in [4.78, 5) is 30.3. The normalized spacial score (nSPS) is 14.0. The van der Waals surface area contributed by atoms with Crippen molar-refractivity contribution in [3.63, 3.8) is 0 Å². The van der Waals surface area contributed by atoms with Gasteiger partial charge < -0.3 is 19.7 Å².